The summed E-state index contributed by atoms with van der Waals surface area (Å²) in [7, 11) is 0. The van der Waals surface area contributed by atoms with Gasteiger partial charge >= 0.3 is 17.5 Å². The number of aromatic nitrogens is 7. The number of H-pyrrole nitrogens is 1. The maximum atomic E-state index is 5.63. The van der Waals surface area contributed by atoms with Crippen LogP contribution in [0.5, 0.6) is 0 Å². The average Bonchev–Trinajstić information content (AvgIpc) is 2.70. The number of hydrogen-bond donors (Lipinski definition) is 2. The van der Waals surface area contributed by atoms with E-state index in [4.69, 9.17) is 5.73 Å². The number of nitrogens with one attached hydrogen (secondary N) is 1. The Morgan fingerprint density at radius 2 is 2.13 bits per heavy atom. The maximum Gasteiger partial charge on any atom is 0.404 e. The van der Waals surface area contributed by atoms with Gasteiger partial charge in [0.2, 0.25) is 0 Å². The number of nitrogens with two attached hydrogens (primary N) is 1. The van der Waals surface area contributed by atoms with Crippen LogP contribution in [0.3, 0.4) is 0 Å². The molecule has 3 heterocycles. The fourth-order valence-corrected chi connectivity index (χ4v) is 1.38. The summed E-state index contributed by atoms with van der Waals surface area (Å²) in [4.78, 5) is 4.28. The SMILES string of the molecule is Cc1nc2n[n+]3c(N)[nH]nc3n2nc1C. The molecule has 0 spiro atoms. The Morgan fingerprint density at radius 3 is 2.93 bits per heavy atom. The van der Waals surface area contributed by atoms with Gasteiger partial charge < -0.3 is 5.73 Å². The third-order valence-corrected chi connectivity index (χ3v) is 2.30. The van der Waals surface area contributed by atoms with Crippen molar-refractivity contribution < 1.29 is 4.52 Å². The lowest BCUT2D eigenvalue weighted by Crippen LogP contribution is -2.25. The van der Waals surface area contributed by atoms with Crippen LogP contribution in [-0.4, -0.2) is 29.9 Å². The molecule has 3 rings (SSSR count). The fraction of sp³-hybridized carbons (Fsp3) is 0.286. The molecule has 3 N–H and O–H groups in total. The van der Waals surface area contributed by atoms with Crippen LogP contribution in [0.25, 0.3) is 11.6 Å². The normalized spacial score (nSPS) is 11.6. The highest BCUT2D eigenvalue weighted by Gasteiger charge is 2.19. The average molecular weight is 205 g/mol. The summed E-state index contributed by atoms with van der Waals surface area (Å²) in [5.74, 6) is 1.37. The lowest BCUT2D eigenvalue weighted by molar-refractivity contribution is -0.560. The van der Waals surface area contributed by atoms with E-state index in [2.05, 4.69) is 25.4 Å². The van der Waals surface area contributed by atoms with Crippen LogP contribution < -0.4 is 10.2 Å². The second-order valence-corrected chi connectivity index (χ2v) is 3.32. The fourth-order valence-electron chi connectivity index (χ4n) is 1.38. The first kappa shape index (κ1) is 8.09. The minimum absolute atomic E-state index is 0.354. The molecule has 0 fully saturated rings. The zero-order valence-electron chi connectivity index (χ0n) is 8.26. The first-order valence-electron chi connectivity index (χ1n) is 4.42. The number of fused-ring (bicyclic) bond motifs is 3. The Labute approximate surface area is 83.7 Å². The molecule has 0 aromatic carbocycles. The Morgan fingerprint density at radius 1 is 1.33 bits per heavy atom. The molecule has 76 valence electrons. The quantitative estimate of drug-likeness (QED) is 0.448. The molecule has 0 radical (unpaired) electrons. The van der Waals surface area contributed by atoms with Gasteiger partial charge in [-0.25, -0.2) is 4.98 Å². The summed E-state index contributed by atoms with van der Waals surface area (Å²) in [5, 5.41) is 15.1. The standard InChI is InChI=1S/C7H8N8/c1-3-4(2)12-15-6(9-3)13-14-5(8)10-11-7(14)15/h1-2H3,(H2,8,10)/p+1. The van der Waals surface area contributed by atoms with Crippen LogP contribution in [0.15, 0.2) is 0 Å². The minimum Gasteiger partial charge on any atom is -0.318 e. The van der Waals surface area contributed by atoms with Crippen LogP contribution in [0.1, 0.15) is 11.4 Å². The number of hydrogen-bond acceptors (Lipinski definition) is 5. The predicted octanol–water partition coefficient (Wildman–Crippen LogP) is -1.21. The van der Waals surface area contributed by atoms with Gasteiger partial charge in [-0.05, 0) is 13.8 Å². The molecule has 0 aliphatic heterocycles. The third-order valence-electron chi connectivity index (χ3n) is 2.30. The number of nitrogens with zero attached hydrogens (tertiary/aromatic N) is 6. The predicted molar refractivity (Wildman–Crippen MR) is 50.0 cm³/mol. The van der Waals surface area contributed by atoms with Crippen molar-refractivity contribution in [2.75, 3.05) is 5.73 Å². The van der Waals surface area contributed by atoms with E-state index in [9.17, 15) is 0 Å². The van der Waals surface area contributed by atoms with Crippen molar-refractivity contribution >= 4 is 17.5 Å². The molecule has 0 amide bonds. The van der Waals surface area contributed by atoms with E-state index < -0.39 is 0 Å². The molecule has 0 aliphatic rings. The Balaban J connectivity index is 2.55. The Kier molecular flexibility index (Phi) is 1.30. The van der Waals surface area contributed by atoms with E-state index in [1.165, 1.54) is 4.52 Å². The number of aryl methyl sites for hydroxylation is 2. The second-order valence-electron chi connectivity index (χ2n) is 3.32. The van der Waals surface area contributed by atoms with Gasteiger partial charge in [-0.2, -0.15) is 0 Å². The zero-order valence-corrected chi connectivity index (χ0v) is 8.26. The molecule has 15 heavy (non-hydrogen) atoms. The van der Waals surface area contributed by atoms with Gasteiger partial charge in [-0.15, -0.1) is 10.2 Å². The molecule has 0 aliphatic carbocycles. The van der Waals surface area contributed by atoms with E-state index in [1.807, 2.05) is 13.8 Å². The molecule has 3 aromatic heterocycles. The van der Waals surface area contributed by atoms with E-state index in [0.29, 0.717) is 17.5 Å². The number of nitrogen functional groups attached to an aromatic ring is 1. The highest BCUT2D eigenvalue weighted by molar-refractivity contribution is 5.35. The highest BCUT2D eigenvalue weighted by atomic mass is 15.5. The molecule has 0 saturated carbocycles. The van der Waals surface area contributed by atoms with E-state index in [1.54, 1.807) is 4.52 Å². The summed E-state index contributed by atoms with van der Waals surface area (Å²) in [5.41, 5.74) is 7.31. The molecule has 0 bridgehead atoms. The molecule has 0 atom stereocenters. The maximum absolute atomic E-state index is 5.63. The zero-order chi connectivity index (χ0) is 10.6. The summed E-state index contributed by atoms with van der Waals surface area (Å²) < 4.78 is 3.02. The van der Waals surface area contributed by atoms with E-state index >= 15 is 0 Å². The van der Waals surface area contributed by atoms with Gasteiger partial charge in [-0.3, -0.25) is 0 Å². The monoisotopic (exact) mass is 205 g/mol. The van der Waals surface area contributed by atoms with Crippen molar-refractivity contribution in [1.29, 1.82) is 0 Å². The van der Waals surface area contributed by atoms with Gasteiger partial charge in [0.15, 0.2) is 0 Å². The van der Waals surface area contributed by atoms with E-state index in [-0.39, 0.29) is 0 Å². The first-order valence-corrected chi connectivity index (χ1v) is 4.42. The van der Waals surface area contributed by atoms with Crippen molar-refractivity contribution in [1.82, 2.24) is 29.9 Å². The second kappa shape index (κ2) is 2.41. The largest absolute Gasteiger partial charge is 0.404 e. The van der Waals surface area contributed by atoms with Gasteiger partial charge in [0.25, 0.3) is 0 Å². The lowest BCUT2D eigenvalue weighted by atomic mass is 10.4. The van der Waals surface area contributed by atoms with Crippen LogP contribution in [0.4, 0.5) is 5.95 Å². The number of rotatable bonds is 0. The molecular weight excluding hydrogens is 196 g/mol. The van der Waals surface area contributed by atoms with Crippen molar-refractivity contribution in [2.45, 2.75) is 13.8 Å². The van der Waals surface area contributed by atoms with Crippen LogP contribution >= 0.6 is 0 Å². The van der Waals surface area contributed by atoms with Gasteiger partial charge in [0, 0.05) is 5.10 Å². The van der Waals surface area contributed by atoms with Crippen LogP contribution in [0, 0.1) is 13.8 Å². The molecule has 0 unspecified atom stereocenters. The van der Waals surface area contributed by atoms with Crippen molar-refractivity contribution in [3.05, 3.63) is 11.4 Å². The molecule has 8 nitrogen and oxygen atoms in total. The molecule has 8 heteroatoms. The molecule has 3 aromatic rings. The summed E-state index contributed by atoms with van der Waals surface area (Å²) in [6, 6.07) is 0. The van der Waals surface area contributed by atoms with Crippen LogP contribution in [0.2, 0.25) is 0 Å². The van der Waals surface area contributed by atoms with Crippen molar-refractivity contribution in [2.24, 2.45) is 0 Å². The number of anilines is 1. The van der Waals surface area contributed by atoms with Crippen LogP contribution in [-0.2, 0) is 0 Å². The topological polar surface area (TPSA) is 102 Å². The number of aromatic amines is 1. The van der Waals surface area contributed by atoms with Gasteiger partial charge in [-0.1, -0.05) is 14.1 Å². The van der Waals surface area contributed by atoms with Gasteiger partial charge in [0.1, 0.15) is 0 Å². The van der Waals surface area contributed by atoms with Crippen molar-refractivity contribution in [3.63, 3.8) is 0 Å². The smallest absolute Gasteiger partial charge is 0.318 e. The minimum atomic E-state index is 0.354. The Bertz CT molecular complexity index is 662. The summed E-state index contributed by atoms with van der Waals surface area (Å²) in [6.07, 6.45) is 0. The summed E-state index contributed by atoms with van der Waals surface area (Å²) >= 11 is 0. The van der Waals surface area contributed by atoms with Crippen molar-refractivity contribution in [3.8, 4) is 0 Å². The molecular formula is C7H9N8+. The Hall–Kier alpha value is -2.25. The molecule has 0 saturated heterocycles. The lowest BCUT2D eigenvalue weighted by Gasteiger charge is -1.93. The highest BCUT2D eigenvalue weighted by Crippen LogP contribution is 2.03. The third kappa shape index (κ3) is 0.925. The van der Waals surface area contributed by atoms with Gasteiger partial charge in [0.05, 0.1) is 11.4 Å². The first-order chi connectivity index (χ1) is 7.16. The van der Waals surface area contributed by atoms with E-state index in [0.717, 1.165) is 11.4 Å². The summed E-state index contributed by atoms with van der Waals surface area (Å²) in [6.45, 7) is 3.77.